The van der Waals surface area contributed by atoms with Crippen LogP contribution in [0, 0.1) is 17.8 Å². The standard InChI is InChI=1S/C25H38O5/c1-3-5-6-9-19(26)11-12-20-21-13-17-8-7-10-24(30-16-25(28)29-4-2)22(17)14-18(21)15-23(20)27/h7-8,10,18-21,23,26-27H,3-6,9,11-16H2,1-2H3/t18-,19-,20+,21-,23?/m0/s1. The van der Waals surface area contributed by atoms with Crippen LogP contribution in [0.15, 0.2) is 18.2 Å². The molecule has 5 atom stereocenters. The molecule has 2 N–H and O–H groups in total. The van der Waals surface area contributed by atoms with Gasteiger partial charge in [-0.1, -0.05) is 38.3 Å². The quantitative estimate of drug-likeness (QED) is 0.419. The van der Waals surface area contributed by atoms with Gasteiger partial charge >= 0.3 is 5.97 Å². The number of aliphatic hydroxyl groups is 2. The van der Waals surface area contributed by atoms with Crippen molar-refractivity contribution < 1.29 is 24.5 Å². The van der Waals surface area contributed by atoms with Crippen molar-refractivity contribution in [3.63, 3.8) is 0 Å². The monoisotopic (exact) mass is 418 g/mol. The van der Waals surface area contributed by atoms with Crippen molar-refractivity contribution in [2.45, 2.75) is 83.8 Å². The first-order valence-electron chi connectivity index (χ1n) is 11.8. The second kappa shape index (κ2) is 11.1. The maximum atomic E-state index is 11.7. The molecule has 3 rings (SSSR count). The molecule has 1 aromatic carbocycles. The first-order chi connectivity index (χ1) is 14.5. The molecule has 2 aliphatic carbocycles. The van der Waals surface area contributed by atoms with Crippen molar-refractivity contribution in [2.75, 3.05) is 13.2 Å². The molecular weight excluding hydrogens is 380 g/mol. The Morgan fingerprint density at radius 2 is 2.03 bits per heavy atom. The van der Waals surface area contributed by atoms with Gasteiger partial charge in [-0.05, 0) is 80.4 Å². The van der Waals surface area contributed by atoms with Crippen LogP contribution in [0.2, 0.25) is 0 Å². The van der Waals surface area contributed by atoms with E-state index in [0.29, 0.717) is 18.4 Å². The molecule has 0 spiro atoms. The normalized spacial score (nSPS) is 26.0. The van der Waals surface area contributed by atoms with E-state index in [2.05, 4.69) is 13.0 Å². The number of esters is 1. The van der Waals surface area contributed by atoms with Gasteiger partial charge in [-0.25, -0.2) is 4.79 Å². The van der Waals surface area contributed by atoms with E-state index in [0.717, 1.165) is 50.7 Å². The Labute approximate surface area is 180 Å². The number of hydrogen-bond acceptors (Lipinski definition) is 5. The van der Waals surface area contributed by atoms with Crippen LogP contribution in [0.3, 0.4) is 0 Å². The lowest BCUT2D eigenvalue weighted by Gasteiger charge is -2.32. The summed E-state index contributed by atoms with van der Waals surface area (Å²) in [5.74, 6) is 1.56. The SMILES string of the molecule is CCCCC[C@H](O)CC[C@H]1C(O)C[C@@H]2Cc3c(cccc3OCC(=O)OCC)C[C@@H]21. The zero-order valence-corrected chi connectivity index (χ0v) is 18.5. The number of carbonyl (C=O) groups excluding carboxylic acids is 1. The number of ether oxygens (including phenoxy) is 2. The van der Waals surface area contributed by atoms with Crippen LogP contribution in [-0.2, 0) is 22.4 Å². The summed E-state index contributed by atoms with van der Waals surface area (Å²) in [7, 11) is 0. The number of hydrogen-bond donors (Lipinski definition) is 2. The lowest BCUT2D eigenvalue weighted by molar-refractivity contribution is -0.145. The summed E-state index contributed by atoms with van der Waals surface area (Å²) in [5, 5.41) is 21.1. The molecule has 1 saturated carbocycles. The molecule has 1 aromatic rings. The Hall–Kier alpha value is -1.59. The maximum absolute atomic E-state index is 11.7. The average molecular weight is 419 g/mol. The molecule has 5 heteroatoms. The van der Waals surface area contributed by atoms with Gasteiger partial charge in [0.05, 0.1) is 18.8 Å². The van der Waals surface area contributed by atoms with Crippen LogP contribution in [0.4, 0.5) is 0 Å². The van der Waals surface area contributed by atoms with E-state index in [4.69, 9.17) is 9.47 Å². The zero-order chi connectivity index (χ0) is 21.5. The third-order valence-electron chi connectivity index (χ3n) is 6.97. The van der Waals surface area contributed by atoms with Gasteiger partial charge < -0.3 is 19.7 Å². The van der Waals surface area contributed by atoms with Gasteiger partial charge in [0.25, 0.3) is 0 Å². The first kappa shape index (κ1) is 23.1. The Kier molecular flexibility index (Phi) is 8.58. The molecule has 0 aromatic heterocycles. The highest BCUT2D eigenvalue weighted by Crippen LogP contribution is 2.48. The van der Waals surface area contributed by atoms with Gasteiger partial charge in [0, 0.05) is 0 Å². The van der Waals surface area contributed by atoms with E-state index in [1.54, 1.807) is 6.92 Å². The summed E-state index contributed by atoms with van der Waals surface area (Å²) >= 11 is 0. The van der Waals surface area contributed by atoms with Crippen LogP contribution in [0.1, 0.15) is 69.9 Å². The number of aliphatic hydroxyl groups excluding tert-OH is 2. The summed E-state index contributed by atoms with van der Waals surface area (Å²) < 4.78 is 10.7. The molecule has 0 amide bonds. The Morgan fingerprint density at radius 3 is 2.80 bits per heavy atom. The number of fused-ring (bicyclic) bond motifs is 2. The zero-order valence-electron chi connectivity index (χ0n) is 18.5. The smallest absolute Gasteiger partial charge is 0.344 e. The van der Waals surface area contributed by atoms with Crippen molar-refractivity contribution in [1.29, 1.82) is 0 Å². The number of rotatable bonds is 11. The second-order valence-electron chi connectivity index (χ2n) is 9.01. The molecule has 1 unspecified atom stereocenters. The topological polar surface area (TPSA) is 76.0 Å². The van der Waals surface area contributed by atoms with Crippen molar-refractivity contribution >= 4 is 5.97 Å². The molecule has 0 bridgehead atoms. The van der Waals surface area contributed by atoms with Gasteiger partial charge in [0.15, 0.2) is 6.61 Å². The molecule has 0 saturated heterocycles. The minimum atomic E-state index is -0.349. The number of unbranched alkanes of at least 4 members (excludes halogenated alkanes) is 2. The molecule has 1 fully saturated rings. The molecule has 5 nitrogen and oxygen atoms in total. The van der Waals surface area contributed by atoms with E-state index in [9.17, 15) is 15.0 Å². The van der Waals surface area contributed by atoms with E-state index < -0.39 is 0 Å². The lowest BCUT2D eigenvalue weighted by Crippen LogP contribution is -2.28. The van der Waals surface area contributed by atoms with Crippen molar-refractivity contribution in [1.82, 2.24) is 0 Å². The Bertz CT molecular complexity index is 688. The fourth-order valence-electron chi connectivity index (χ4n) is 5.44. The second-order valence-corrected chi connectivity index (χ2v) is 9.01. The molecule has 0 heterocycles. The van der Waals surface area contributed by atoms with E-state index in [1.807, 2.05) is 12.1 Å². The van der Waals surface area contributed by atoms with Crippen LogP contribution in [0.25, 0.3) is 0 Å². The molecular formula is C25H38O5. The Morgan fingerprint density at radius 1 is 1.20 bits per heavy atom. The predicted octanol–water partition coefficient (Wildman–Crippen LogP) is 4.06. The van der Waals surface area contributed by atoms with Crippen LogP contribution >= 0.6 is 0 Å². The highest BCUT2D eigenvalue weighted by Gasteiger charge is 2.44. The fourth-order valence-corrected chi connectivity index (χ4v) is 5.44. The summed E-state index contributed by atoms with van der Waals surface area (Å²) in [6.45, 7) is 4.25. The average Bonchev–Trinajstić information content (AvgIpc) is 3.03. The van der Waals surface area contributed by atoms with Gasteiger partial charge in [-0.3, -0.25) is 0 Å². The highest BCUT2D eigenvalue weighted by molar-refractivity contribution is 5.71. The molecule has 2 aliphatic rings. The van der Waals surface area contributed by atoms with Crippen LogP contribution in [0.5, 0.6) is 5.75 Å². The van der Waals surface area contributed by atoms with E-state index in [-0.39, 0.29) is 30.7 Å². The molecule has 0 radical (unpaired) electrons. The van der Waals surface area contributed by atoms with Crippen LogP contribution < -0.4 is 4.74 Å². The minimum absolute atomic E-state index is 0.0699. The summed E-state index contributed by atoms with van der Waals surface area (Å²) in [4.78, 5) is 11.7. The molecule has 168 valence electrons. The van der Waals surface area contributed by atoms with Crippen molar-refractivity contribution in [3.05, 3.63) is 29.3 Å². The van der Waals surface area contributed by atoms with Gasteiger partial charge in [0.1, 0.15) is 5.75 Å². The third-order valence-corrected chi connectivity index (χ3v) is 6.97. The fraction of sp³-hybridized carbons (Fsp3) is 0.720. The highest BCUT2D eigenvalue weighted by atomic mass is 16.6. The summed E-state index contributed by atoms with van der Waals surface area (Å²) in [5.41, 5.74) is 2.44. The molecule has 30 heavy (non-hydrogen) atoms. The maximum Gasteiger partial charge on any atom is 0.344 e. The molecule has 0 aliphatic heterocycles. The number of carbonyl (C=O) groups is 1. The van der Waals surface area contributed by atoms with Crippen molar-refractivity contribution in [2.24, 2.45) is 17.8 Å². The largest absolute Gasteiger partial charge is 0.482 e. The third kappa shape index (κ3) is 5.76. The summed E-state index contributed by atoms with van der Waals surface area (Å²) in [6, 6.07) is 6.05. The predicted molar refractivity (Wildman–Crippen MR) is 116 cm³/mol. The first-order valence-corrected chi connectivity index (χ1v) is 11.8. The van der Waals surface area contributed by atoms with Crippen LogP contribution in [-0.4, -0.2) is 41.6 Å². The van der Waals surface area contributed by atoms with Gasteiger partial charge in [-0.2, -0.15) is 0 Å². The Balaban J connectivity index is 1.60. The van der Waals surface area contributed by atoms with Gasteiger partial charge in [0.2, 0.25) is 0 Å². The minimum Gasteiger partial charge on any atom is -0.482 e. The van der Waals surface area contributed by atoms with Crippen molar-refractivity contribution in [3.8, 4) is 5.75 Å². The number of benzene rings is 1. The van der Waals surface area contributed by atoms with Gasteiger partial charge in [-0.15, -0.1) is 0 Å². The summed E-state index contributed by atoms with van der Waals surface area (Å²) in [6.07, 6.45) is 8.06. The van der Waals surface area contributed by atoms with E-state index in [1.165, 1.54) is 24.0 Å². The lowest BCUT2D eigenvalue weighted by atomic mass is 9.73. The van der Waals surface area contributed by atoms with E-state index >= 15 is 0 Å².